The lowest BCUT2D eigenvalue weighted by Crippen LogP contribution is -2.34. The van der Waals surface area contributed by atoms with Crippen LogP contribution >= 0.6 is 0 Å². The van der Waals surface area contributed by atoms with Crippen molar-refractivity contribution < 1.29 is 9.47 Å². The van der Waals surface area contributed by atoms with Crippen LogP contribution in [0.5, 0.6) is 0 Å². The average molecular weight is 225 g/mol. The summed E-state index contributed by atoms with van der Waals surface area (Å²) in [4.78, 5) is 0. The molecule has 1 saturated heterocycles. The van der Waals surface area contributed by atoms with Gasteiger partial charge in [0.15, 0.2) is 0 Å². The van der Waals surface area contributed by atoms with E-state index in [1.807, 2.05) is 0 Å². The van der Waals surface area contributed by atoms with Crippen LogP contribution < -0.4 is 5.32 Å². The largest absolute Gasteiger partial charge is 0.496 e. The topological polar surface area (TPSA) is 30.5 Å². The minimum atomic E-state index is 0.411. The van der Waals surface area contributed by atoms with Crippen LogP contribution in [0.2, 0.25) is 0 Å². The summed E-state index contributed by atoms with van der Waals surface area (Å²) in [6.07, 6.45) is 6.85. The van der Waals surface area contributed by atoms with Gasteiger partial charge in [0, 0.05) is 19.6 Å². The van der Waals surface area contributed by atoms with E-state index in [1.165, 1.54) is 18.6 Å². The Labute approximate surface area is 98.2 Å². The Bertz CT molecular complexity index is 234. The van der Waals surface area contributed by atoms with E-state index in [0.717, 1.165) is 39.2 Å². The van der Waals surface area contributed by atoms with Crippen molar-refractivity contribution in [1.29, 1.82) is 0 Å². The van der Waals surface area contributed by atoms with Crippen LogP contribution in [0.4, 0.5) is 0 Å². The first-order valence-electron chi connectivity index (χ1n) is 6.54. The summed E-state index contributed by atoms with van der Waals surface area (Å²) in [5.41, 5.74) is 0. The summed E-state index contributed by atoms with van der Waals surface area (Å²) in [7, 11) is 0. The molecule has 16 heavy (non-hydrogen) atoms. The van der Waals surface area contributed by atoms with E-state index in [-0.39, 0.29) is 0 Å². The molecule has 2 heterocycles. The summed E-state index contributed by atoms with van der Waals surface area (Å²) in [5.74, 6) is 1.87. The fourth-order valence-electron chi connectivity index (χ4n) is 2.40. The van der Waals surface area contributed by atoms with Crippen molar-refractivity contribution in [2.45, 2.75) is 38.6 Å². The molecule has 3 nitrogen and oxygen atoms in total. The van der Waals surface area contributed by atoms with Gasteiger partial charge in [-0.3, -0.25) is 0 Å². The second-order valence-corrected chi connectivity index (χ2v) is 4.72. The molecule has 92 valence electrons. The third-order valence-electron chi connectivity index (χ3n) is 3.31. The van der Waals surface area contributed by atoms with Crippen molar-refractivity contribution >= 4 is 0 Å². The predicted molar refractivity (Wildman–Crippen MR) is 64.3 cm³/mol. The van der Waals surface area contributed by atoms with Crippen molar-refractivity contribution in [3.63, 3.8) is 0 Å². The van der Waals surface area contributed by atoms with Gasteiger partial charge in [-0.2, -0.15) is 0 Å². The van der Waals surface area contributed by atoms with Gasteiger partial charge < -0.3 is 14.8 Å². The molecule has 2 unspecified atom stereocenters. The molecule has 2 aliphatic heterocycles. The number of rotatable bonds is 6. The molecule has 1 N–H and O–H groups in total. The molecule has 0 radical (unpaired) electrons. The Morgan fingerprint density at radius 2 is 2.44 bits per heavy atom. The van der Waals surface area contributed by atoms with Crippen LogP contribution in [0.15, 0.2) is 11.8 Å². The Hall–Kier alpha value is -0.540. The van der Waals surface area contributed by atoms with Gasteiger partial charge >= 0.3 is 0 Å². The zero-order chi connectivity index (χ0) is 11.2. The van der Waals surface area contributed by atoms with E-state index in [4.69, 9.17) is 9.47 Å². The molecule has 0 aromatic rings. The Kier molecular flexibility index (Phi) is 4.67. The lowest BCUT2D eigenvalue weighted by Gasteiger charge is -2.22. The molecule has 2 rings (SSSR count). The summed E-state index contributed by atoms with van der Waals surface area (Å²) >= 11 is 0. The Morgan fingerprint density at radius 3 is 3.06 bits per heavy atom. The maximum Gasteiger partial charge on any atom is 0.109 e. The van der Waals surface area contributed by atoms with Crippen LogP contribution in [0.25, 0.3) is 0 Å². The number of nitrogens with one attached hydrogen (secondary N) is 1. The highest BCUT2D eigenvalue weighted by Gasteiger charge is 2.24. The fraction of sp³-hybridized carbons (Fsp3) is 0.846. The van der Waals surface area contributed by atoms with Gasteiger partial charge in [0.25, 0.3) is 0 Å². The van der Waals surface area contributed by atoms with E-state index in [1.54, 1.807) is 0 Å². The standard InChI is InChI=1S/C13H23NO2/c1-2-6-14-12(13-4-3-7-16-13)9-11-5-8-15-10-11/h4,11-12,14H,2-3,5-10H2,1H3. The number of ether oxygens (including phenoxy) is 2. The Balaban J connectivity index is 1.85. The third-order valence-corrected chi connectivity index (χ3v) is 3.31. The van der Waals surface area contributed by atoms with Crippen LogP contribution in [0.1, 0.15) is 32.6 Å². The molecular formula is C13H23NO2. The van der Waals surface area contributed by atoms with Gasteiger partial charge in [-0.25, -0.2) is 0 Å². The van der Waals surface area contributed by atoms with Gasteiger partial charge in [0.2, 0.25) is 0 Å². The van der Waals surface area contributed by atoms with Gasteiger partial charge in [-0.05, 0) is 37.8 Å². The van der Waals surface area contributed by atoms with Crippen LogP contribution in [-0.4, -0.2) is 32.4 Å². The second-order valence-electron chi connectivity index (χ2n) is 4.72. The first-order chi connectivity index (χ1) is 7.90. The average Bonchev–Trinajstić information content (AvgIpc) is 2.96. The number of hydrogen-bond donors (Lipinski definition) is 1. The summed E-state index contributed by atoms with van der Waals surface area (Å²) in [5, 5.41) is 3.59. The van der Waals surface area contributed by atoms with Crippen molar-refractivity contribution in [2.75, 3.05) is 26.4 Å². The minimum absolute atomic E-state index is 0.411. The van der Waals surface area contributed by atoms with Crippen molar-refractivity contribution in [2.24, 2.45) is 5.92 Å². The monoisotopic (exact) mass is 225 g/mol. The molecule has 0 amide bonds. The van der Waals surface area contributed by atoms with Gasteiger partial charge in [-0.1, -0.05) is 6.92 Å². The molecule has 0 bridgehead atoms. The zero-order valence-corrected chi connectivity index (χ0v) is 10.2. The first-order valence-corrected chi connectivity index (χ1v) is 6.54. The number of hydrogen-bond acceptors (Lipinski definition) is 3. The first kappa shape index (κ1) is 11.9. The molecule has 0 saturated carbocycles. The van der Waals surface area contributed by atoms with Gasteiger partial charge in [0.05, 0.1) is 12.6 Å². The molecule has 2 atom stereocenters. The summed E-state index contributed by atoms with van der Waals surface area (Å²) in [6, 6.07) is 0.411. The highest BCUT2D eigenvalue weighted by atomic mass is 16.5. The minimum Gasteiger partial charge on any atom is -0.496 e. The van der Waals surface area contributed by atoms with Crippen molar-refractivity contribution in [1.82, 2.24) is 5.32 Å². The fourth-order valence-corrected chi connectivity index (χ4v) is 2.40. The van der Waals surface area contributed by atoms with Gasteiger partial charge in [0.1, 0.15) is 5.76 Å². The molecule has 3 heteroatoms. The van der Waals surface area contributed by atoms with Gasteiger partial charge in [-0.15, -0.1) is 0 Å². The van der Waals surface area contributed by atoms with E-state index < -0.39 is 0 Å². The van der Waals surface area contributed by atoms with Crippen molar-refractivity contribution in [3.8, 4) is 0 Å². The Morgan fingerprint density at radius 1 is 1.50 bits per heavy atom. The maximum atomic E-state index is 5.68. The van der Waals surface area contributed by atoms with E-state index in [2.05, 4.69) is 18.3 Å². The smallest absolute Gasteiger partial charge is 0.109 e. The highest BCUT2D eigenvalue weighted by molar-refractivity contribution is 5.07. The van der Waals surface area contributed by atoms with Crippen LogP contribution in [0, 0.1) is 5.92 Å². The second kappa shape index (κ2) is 6.26. The van der Waals surface area contributed by atoms with E-state index in [0.29, 0.717) is 12.0 Å². The predicted octanol–water partition coefficient (Wildman–Crippen LogP) is 2.09. The molecule has 2 aliphatic rings. The molecule has 0 spiro atoms. The molecule has 0 aromatic carbocycles. The molecule has 0 aromatic heterocycles. The highest BCUT2D eigenvalue weighted by Crippen LogP contribution is 2.24. The maximum absolute atomic E-state index is 5.68. The lowest BCUT2D eigenvalue weighted by atomic mass is 9.97. The molecule has 0 aliphatic carbocycles. The SMILES string of the molecule is CCCNC(CC1CCOC1)C1=CCCO1. The molecular weight excluding hydrogens is 202 g/mol. The zero-order valence-electron chi connectivity index (χ0n) is 10.2. The normalized spacial score (nSPS) is 26.6. The van der Waals surface area contributed by atoms with Crippen LogP contribution in [-0.2, 0) is 9.47 Å². The summed E-state index contributed by atoms with van der Waals surface area (Å²) < 4.78 is 11.1. The lowest BCUT2D eigenvalue weighted by molar-refractivity contribution is 0.173. The van der Waals surface area contributed by atoms with Crippen molar-refractivity contribution in [3.05, 3.63) is 11.8 Å². The quantitative estimate of drug-likeness (QED) is 0.751. The third kappa shape index (κ3) is 3.22. The van der Waals surface area contributed by atoms with E-state index in [9.17, 15) is 0 Å². The molecule has 1 fully saturated rings. The van der Waals surface area contributed by atoms with E-state index >= 15 is 0 Å². The van der Waals surface area contributed by atoms with Crippen LogP contribution in [0.3, 0.4) is 0 Å². The summed E-state index contributed by atoms with van der Waals surface area (Å²) in [6.45, 7) is 6.00.